The Morgan fingerprint density at radius 1 is 1.37 bits per heavy atom. The van der Waals surface area contributed by atoms with Crippen molar-refractivity contribution < 1.29 is 13.9 Å². The van der Waals surface area contributed by atoms with Gasteiger partial charge in [-0.1, -0.05) is 13.0 Å². The van der Waals surface area contributed by atoms with Crippen LogP contribution in [0, 0.1) is 11.7 Å². The summed E-state index contributed by atoms with van der Waals surface area (Å²) in [6, 6.07) is 5.96. The normalized spacial score (nSPS) is 13.7. The van der Waals surface area contributed by atoms with Gasteiger partial charge in [-0.2, -0.15) is 0 Å². The zero-order chi connectivity index (χ0) is 14.3. The van der Waals surface area contributed by atoms with Gasteiger partial charge in [0.1, 0.15) is 17.7 Å². The summed E-state index contributed by atoms with van der Waals surface area (Å²) in [6.45, 7) is 4.70. The third-order valence-electron chi connectivity index (χ3n) is 2.65. The SMILES string of the molecule is CNCC(C)C(=O)NCC(C)Oc1cccc(F)c1. The molecule has 1 amide bonds. The van der Waals surface area contributed by atoms with E-state index in [-0.39, 0.29) is 23.7 Å². The lowest BCUT2D eigenvalue weighted by Gasteiger charge is -2.17. The predicted molar refractivity (Wildman–Crippen MR) is 72.6 cm³/mol. The first-order chi connectivity index (χ1) is 9.02. The van der Waals surface area contributed by atoms with Crippen LogP contribution in [-0.2, 0) is 4.79 Å². The van der Waals surface area contributed by atoms with Crippen LogP contribution < -0.4 is 15.4 Å². The number of nitrogens with one attached hydrogen (secondary N) is 2. The Morgan fingerprint density at radius 2 is 2.11 bits per heavy atom. The molecule has 1 aromatic rings. The van der Waals surface area contributed by atoms with E-state index in [1.807, 2.05) is 13.8 Å². The Labute approximate surface area is 113 Å². The number of halogens is 1. The molecule has 2 N–H and O–H groups in total. The van der Waals surface area contributed by atoms with Crippen LogP contribution in [0.2, 0.25) is 0 Å². The minimum atomic E-state index is -0.337. The third-order valence-corrected chi connectivity index (χ3v) is 2.65. The zero-order valence-corrected chi connectivity index (χ0v) is 11.6. The van der Waals surface area contributed by atoms with E-state index >= 15 is 0 Å². The molecule has 0 fully saturated rings. The van der Waals surface area contributed by atoms with Crippen molar-refractivity contribution in [3.05, 3.63) is 30.1 Å². The van der Waals surface area contributed by atoms with Gasteiger partial charge in [-0.3, -0.25) is 4.79 Å². The number of carbonyl (C=O) groups is 1. The van der Waals surface area contributed by atoms with E-state index in [9.17, 15) is 9.18 Å². The Bertz CT molecular complexity index is 412. The molecule has 5 heteroatoms. The average Bonchev–Trinajstić information content (AvgIpc) is 2.36. The van der Waals surface area contributed by atoms with Gasteiger partial charge in [0.15, 0.2) is 0 Å². The molecule has 0 saturated heterocycles. The summed E-state index contributed by atoms with van der Waals surface area (Å²) in [5.41, 5.74) is 0. The van der Waals surface area contributed by atoms with Crippen molar-refractivity contribution in [2.24, 2.45) is 5.92 Å². The van der Waals surface area contributed by atoms with E-state index in [1.54, 1.807) is 19.2 Å². The quantitative estimate of drug-likeness (QED) is 0.789. The second kappa shape index (κ2) is 7.74. The molecule has 0 aliphatic heterocycles. The summed E-state index contributed by atoms with van der Waals surface area (Å²) in [4.78, 5) is 11.7. The fourth-order valence-corrected chi connectivity index (χ4v) is 1.63. The van der Waals surface area contributed by atoms with E-state index in [0.29, 0.717) is 18.8 Å². The van der Waals surface area contributed by atoms with Crippen molar-refractivity contribution in [1.29, 1.82) is 0 Å². The minimum Gasteiger partial charge on any atom is -0.489 e. The van der Waals surface area contributed by atoms with E-state index in [1.165, 1.54) is 12.1 Å². The van der Waals surface area contributed by atoms with E-state index < -0.39 is 0 Å². The van der Waals surface area contributed by atoms with Crippen LogP contribution in [0.4, 0.5) is 4.39 Å². The molecule has 0 heterocycles. The van der Waals surface area contributed by atoms with Gasteiger partial charge in [0, 0.05) is 18.5 Å². The molecule has 1 aromatic carbocycles. The third kappa shape index (κ3) is 5.70. The molecular formula is C14H21FN2O2. The summed E-state index contributed by atoms with van der Waals surface area (Å²) < 4.78 is 18.5. The van der Waals surface area contributed by atoms with E-state index in [4.69, 9.17) is 4.74 Å². The lowest BCUT2D eigenvalue weighted by atomic mass is 10.1. The standard InChI is InChI=1S/C14H21FN2O2/c1-10(8-16-3)14(18)17-9-11(2)19-13-6-4-5-12(15)7-13/h4-7,10-11,16H,8-9H2,1-3H3,(H,17,18). The first kappa shape index (κ1) is 15.4. The number of rotatable bonds is 7. The molecule has 0 bridgehead atoms. The van der Waals surface area contributed by atoms with Crippen LogP contribution in [0.3, 0.4) is 0 Å². The van der Waals surface area contributed by atoms with Crippen LogP contribution in [0.1, 0.15) is 13.8 Å². The fraction of sp³-hybridized carbons (Fsp3) is 0.500. The minimum absolute atomic E-state index is 0.0240. The Morgan fingerprint density at radius 3 is 2.74 bits per heavy atom. The monoisotopic (exact) mass is 268 g/mol. The second-order valence-electron chi connectivity index (χ2n) is 4.59. The summed E-state index contributed by atoms with van der Waals surface area (Å²) in [5.74, 6) is 0.0109. The highest BCUT2D eigenvalue weighted by molar-refractivity contribution is 5.78. The second-order valence-corrected chi connectivity index (χ2v) is 4.59. The van der Waals surface area contributed by atoms with Crippen molar-refractivity contribution in [2.45, 2.75) is 20.0 Å². The molecule has 0 aromatic heterocycles. The molecule has 0 aliphatic carbocycles. The maximum atomic E-state index is 13.0. The summed E-state index contributed by atoms with van der Waals surface area (Å²) >= 11 is 0. The predicted octanol–water partition coefficient (Wildman–Crippen LogP) is 1.56. The van der Waals surface area contributed by atoms with Gasteiger partial charge in [-0.05, 0) is 26.1 Å². The molecule has 0 saturated carbocycles. The number of ether oxygens (including phenoxy) is 1. The van der Waals surface area contributed by atoms with E-state index in [0.717, 1.165) is 0 Å². The number of hydrogen-bond acceptors (Lipinski definition) is 3. The van der Waals surface area contributed by atoms with E-state index in [2.05, 4.69) is 10.6 Å². The van der Waals surface area contributed by atoms with Crippen molar-refractivity contribution in [2.75, 3.05) is 20.1 Å². The maximum absolute atomic E-state index is 13.0. The fourth-order valence-electron chi connectivity index (χ4n) is 1.63. The van der Waals surface area contributed by atoms with Gasteiger partial charge in [0.25, 0.3) is 0 Å². The van der Waals surface area contributed by atoms with Crippen LogP contribution in [0.5, 0.6) is 5.75 Å². The molecule has 2 atom stereocenters. The molecule has 1 rings (SSSR count). The molecule has 106 valence electrons. The first-order valence-electron chi connectivity index (χ1n) is 6.37. The maximum Gasteiger partial charge on any atom is 0.224 e. The van der Waals surface area contributed by atoms with Crippen LogP contribution >= 0.6 is 0 Å². The highest BCUT2D eigenvalue weighted by atomic mass is 19.1. The summed E-state index contributed by atoms with van der Waals surface area (Å²) in [7, 11) is 1.81. The molecule has 0 aliphatic rings. The number of amides is 1. The first-order valence-corrected chi connectivity index (χ1v) is 6.37. The lowest BCUT2D eigenvalue weighted by molar-refractivity contribution is -0.124. The topological polar surface area (TPSA) is 50.4 Å². The van der Waals surface area contributed by atoms with Gasteiger partial charge >= 0.3 is 0 Å². The highest BCUT2D eigenvalue weighted by Gasteiger charge is 2.13. The number of benzene rings is 1. The van der Waals surface area contributed by atoms with Gasteiger partial charge in [-0.25, -0.2) is 4.39 Å². The van der Waals surface area contributed by atoms with Crippen molar-refractivity contribution >= 4 is 5.91 Å². The number of carbonyl (C=O) groups excluding carboxylic acids is 1. The Balaban J connectivity index is 2.35. The molecular weight excluding hydrogens is 247 g/mol. The van der Waals surface area contributed by atoms with Gasteiger partial charge < -0.3 is 15.4 Å². The highest BCUT2D eigenvalue weighted by Crippen LogP contribution is 2.13. The van der Waals surface area contributed by atoms with Crippen molar-refractivity contribution in [1.82, 2.24) is 10.6 Å². The Hall–Kier alpha value is -1.62. The van der Waals surface area contributed by atoms with Crippen LogP contribution in [0.15, 0.2) is 24.3 Å². The molecule has 2 unspecified atom stereocenters. The Kier molecular flexibility index (Phi) is 6.29. The van der Waals surface area contributed by atoms with Gasteiger partial charge in [0.05, 0.1) is 6.54 Å². The smallest absolute Gasteiger partial charge is 0.224 e. The largest absolute Gasteiger partial charge is 0.489 e. The lowest BCUT2D eigenvalue weighted by Crippen LogP contribution is -2.39. The molecule has 0 spiro atoms. The number of hydrogen-bond donors (Lipinski definition) is 2. The van der Waals surface area contributed by atoms with Crippen molar-refractivity contribution in [3.8, 4) is 5.75 Å². The average molecular weight is 268 g/mol. The summed E-state index contributed by atoms with van der Waals surface area (Å²) in [5, 5.41) is 5.75. The van der Waals surface area contributed by atoms with Crippen LogP contribution in [-0.4, -0.2) is 32.1 Å². The molecule has 0 radical (unpaired) electrons. The van der Waals surface area contributed by atoms with Gasteiger partial charge in [0.2, 0.25) is 5.91 Å². The summed E-state index contributed by atoms with van der Waals surface area (Å²) in [6.07, 6.45) is -0.215. The molecule has 4 nitrogen and oxygen atoms in total. The van der Waals surface area contributed by atoms with Crippen molar-refractivity contribution in [3.63, 3.8) is 0 Å². The van der Waals surface area contributed by atoms with Gasteiger partial charge in [-0.15, -0.1) is 0 Å². The zero-order valence-electron chi connectivity index (χ0n) is 11.6. The van der Waals surface area contributed by atoms with Crippen LogP contribution in [0.25, 0.3) is 0 Å². The molecule has 19 heavy (non-hydrogen) atoms.